The Morgan fingerprint density at radius 2 is 2.24 bits per heavy atom. The molecular weight excluding hydrogens is 234 g/mol. The SMILES string of the molecule is CNC(Cc1cn(C)nn1)c1sc(C)nc1C. The van der Waals surface area contributed by atoms with Crippen molar-refractivity contribution in [2.24, 2.45) is 7.05 Å². The molecule has 17 heavy (non-hydrogen) atoms. The Morgan fingerprint density at radius 3 is 2.71 bits per heavy atom. The van der Waals surface area contributed by atoms with E-state index in [1.807, 2.05) is 27.2 Å². The first-order chi connectivity index (χ1) is 8.10. The molecule has 0 aliphatic heterocycles. The number of likely N-dealkylation sites (N-methyl/N-ethyl adjacent to an activating group) is 1. The molecule has 0 radical (unpaired) electrons. The van der Waals surface area contributed by atoms with E-state index in [0.29, 0.717) is 0 Å². The summed E-state index contributed by atoms with van der Waals surface area (Å²) in [6.45, 7) is 4.09. The van der Waals surface area contributed by atoms with Gasteiger partial charge in [0.15, 0.2) is 0 Å². The summed E-state index contributed by atoms with van der Waals surface area (Å²) in [6.07, 6.45) is 2.79. The van der Waals surface area contributed by atoms with Crippen LogP contribution in [0.1, 0.15) is 27.3 Å². The number of rotatable bonds is 4. The number of aromatic nitrogens is 4. The van der Waals surface area contributed by atoms with Crippen molar-refractivity contribution in [2.45, 2.75) is 26.3 Å². The van der Waals surface area contributed by atoms with Crippen LogP contribution in [-0.2, 0) is 13.5 Å². The molecule has 0 fully saturated rings. The molecule has 0 saturated heterocycles. The van der Waals surface area contributed by atoms with E-state index in [9.17, 15) is 0 Å². The van der Waals surface area contributed by atoms with Crippen LogP contribution in [0.4, 0.5) is 0 Å². The summed E-state index contributed by atoms with van der Waals surface area (Å²) in [5.74, 6) is 0. The molecule has 0 aliphatic rings. The largest absolute Gasteiger partial charge is 0.312 e. The summed E-state index contributed by atoms with van der Waals surface area (Å²) in [7, 11) is 3.85. The number of nitrogens with one attached hydrogen (secondary N) is 1. The zero-order valence-electron chi connectivity index (χ0n) is 10.6. The Morgan fingerprint density at radius 1 is 1.47 bits per heavy atom. The third-order valence-corrected chi connectivity index (χ3v) is 3.85. The smallest absolute Gasteiger partial charge is 0.0900 e. The van der Waals surface area contributed by atoms with Crippen LogP contribution in [0, 0.1) is 13.8 Å². The van der Waals surface area contributed by atoms with Gasteiger partial charge < -0.3 is 5.32 Å². The van der Waals surface area contributed by atoms with Crippen molar-refractivity contribution in [1.82, 2.24) is 25.3 Å². The third kappa shape index (κ3) is 2.70. The molecule has 2 aromatic heterocycles. The third-order valence-electron chi connectivity index (χ3n) is 2.67. The second-order valence-electron chi connectivity index (χ2n) is 4.11. The maximum Gasteiger partial charge on any atom is 0.0900 e. The van der Waals surface area contributed by atoms with Crippen molar-refractivity contribution < 1.29 is 0 Å². The van der Waals surface area contributed by atoms with Gasteiger partial charge in [-0.3, -0.25) is 4.68 Å². The molecule has 0 amide bonds. The molecule has 2 aromatic rings. The van der Waals surface area contributed by atoms with Crippen LogP contribution in [0.5, 0.6) is 0 Å². The number of aryl methyl sites for hydroxylation is 3. The van der Waals surface area contributed by atoms with E-state index >= 15 is 0 Å². The molecule has 6 heteroatoms. The lowest BCUT2D eigenvalue weighted by molar-refractivity contribution is 0.589. The summed E-state index contributed by atoms with van der Waals surface area (Å²) in [5.41, 5.74) is 2.10. The van der Waals surface area contributed by atoms with E-state index in [1.165, 1.54) is 4.88 Å². The van der Waals surface area contributed by atoms with Crippen LogP contribution in [0.25, 0.3) is 0 Å². The fourth-order valence-corrected chi connectivity index (χ4v) is 2.93. The quantitative estimate of drug-likeness (QED) is 0.892. The van der Waals surface area contributed by atoms with Crippen molar-refractivity contribution in [3.63, 3.8) is 0 Å². The van der Waals surface area contributed by atoms with Gasteiger partial charge in [0.25, 0.3) is 0 Å². The highest BCUT2D eigenvalue weighted by molar-refractivity contribution is 7.11. The second-order valence-corrected chi connectivity index (χ2v) is 5.35. The van der Waals surface area contributed by atoms with Gasteiger partial charge in [-0.2, -0.15) is 0 Å². The molecule has 1 N–H and O–H groups in total. The molecular formula is C11H17N5S. The van der Waals surface area contributed by atoms with Gasteiger partial charge >= 0.3 is 0 Å². The highest BCUT2D eigenvalue weighted by atomic mass is 32.1. The fraction of sp³-hybridized carbons (Fsp3) is 0.545. The van der Waals surface area contributed by atoms with E-state index in [-0.39, 0.29) is 6.04 Å². The van der Waals surface area contributed by atoms with Gasteiger partial charge in [-0.1, -0.05) is 5.21 Å². The van der Waals surface area contributed by atoms with Crippen molar-refractivity contribution >= 4 is 11.3 Å². The number of hydrogen-bond acceptors (Lipinski definition) is 5. The van der Waals surface area contributed by atoms with E-state index in [0.717, 1.165) is 22.8 Å². The maximum atomic E-state index is 4.46. The van der Waals surface area contributed by atoms with Gasteiger partial charge in [0, 0.05) is 30.6 Å². The molecule has 2 heterocycles. The van der Waals surface area contributed by atoms with E-state index in [4.69, 9.17) is 0 Å². The average Bonchev–Trinajstić information content (AvgIpc) is 2.82. The summed E-state index contributed by atoms with van der Waals surface area (Å²) in [4.78, 5) is 5.75. The van der Waals surface area contributed by atoms with Crippen molar-refractivity contribution in [2.75, 3.05) is 7.05 Å². The Labute approximate surface area is 105 Å². The van der Waals surface area contributed by atoms with Crippen LogP contribution in [0.2, 0.25) is 0 Å². The van der Waals surface area contributed by atoms with Crippen LogP contribution in [-0.4, -0.2) is 27.0 Å². The highest BCUT2D eigenvalue weighted by Crippen LogP contribution is 2.26. The van der Waals surface area contributed by atoms with Gasteiger partial charge in [-0.25, -0.2) is 4.98 Å². The van der Waals surface area contributed by atoms with Crippen molar-refractivity contribution in [3.8, 4) is 0 Å². The van der Waals surface area contributed by atoms with E-state index in [1.54, 1.807) is 16.0 Å². The molecule has 0 saturated carbocycles. The minimum absolute atomic E-state index is 0.262. The van der Waals surface area contributed by atoms with Gasteiger partial charge in [0.1, 0.15) is 0 Å². The van der Waals surface area contributed by atoms with Crippen LogP contribution >= 0.6 is 11.3 Å². The van der Waals surface area contributed by atoms with Crippen molar-refractivity contribution in [1.29, 1.82) is 0 Å². The van der Waals surface area contributed by atoms with Crippen LogP contribution < -0.4 is 5.32 Å². The molecule has 5 nitrogen and oxygen atoms in total. The zero-order valence-corrected chi connectivity index (χ0v) is 11.4. The normalized spacial score (nSPS) is 12.9. The lowest BCUT2D eigenvalue weighted by atomic mass is 10.1. The average molecular weight is 251 g/mol. The Hall–Kier alpha value is -1.27. The topological polar surface area (TPSA) is 55.6 Å². The summed E-state index contributed by atoms with van der Waals surface area (Å²) < 4.78 is 1.73. The predicted octanol–water partition coefficient (Wildman–Crippen LogP) is 1.39. The lowest BCUT2D eigenvalue weighted by Crippen LogP contribution is -2.18. The monoisotopic (exact) mass is 251 g/mol. The number of hydrogen-bond donors (Lipinski definition) is 1. The first kappa shape index (κ1) is 12.2. The predicted molar refractivity (Wildman–Crippen MR) is 68.1 cm³/mol. The first-order valence-corrected chi connectivity index (χ1v) is 6.38. The second kappa shape index (κ2) is 4.93. The Kier molecular flexibility index (Phi) is 3.54. The van der Waals surface area contributed by atoms with Crippen LogP contribution in [0.15, 0.2) is 6.20 Å². The molecule has 2 rings (SSSR count). The molecule has 1 unspecified atom stereocenters. The lowest BCUT2D eigenvalue weighted by Gasteiger charge is -2.13. The zero-order chi connectivity index (χ0) is 12.4. The highest BCUT2D eigenvalue weighted by Gasteiger charge is 2.17. The first-order valence-electron chi connectivity index (χ1n) is 5.56. The molecule has 1 atom stereocenters. The maximum absolute atomic E-state index is 4.46. The Bertz CT molecular complexity index is 502. The minimum atomic E-state index is 0.262. The molecule has 0 bridgehead atoms. The fourth-order valence-electron chi connectivity index (χ4n) is 1.89. The summed E-state index contributed by atoms with van der Waals surface area (Å²) >= 11 is 1.74. The number of thiazole rings is 1. The van der Waals surface area contributed by atoms with E-state index in [2.05, 4.69) is 27.5 Å². The Balaban J connectivity index is 2.19. The summed E-state index contributed by atoms with van der Waals surface area (Å²) in [5, 5.41) is 12.5. The number of nitrogens with zero attached hydrogens (tertiary/aromatic N) is 4. The van der Waals surface area contributed by atoms with Crippen LogP contribution in [0.3, 0.4) is 0 Å². The molecule has 0 spiro atoms. The van der Waals surface area contributed by atoms with E-state index < -0.39 is 0 Å². The molecule has 0 aromatic carbocycles. The standard InChI is InChI=1S/C11H17N5S/c1-7-11(17-8(2)13-7)10(12-3)5-9-6-16(4)15-14-9/h6,10,12H,5H2,1-4H3. The summed E-state index contributed by atoms with van der Waals surface area (Å²) in [6, 6.07) is 0.262. The van der Waals surface area contributed by atoms with Crippen molar-refractivity contribution in [3.05, 3.63) is 27.5 Å². The van der Waals surface area contributed by atoms with Gasteiger partial charge in [0.2, 0.25) is 0 Å². The van der Waals surface area contributed by atoms with Gasteiger partial charge in [-0.05, 0) is 20.9 Å². The molecule has 92 valence electrons. The van der Waals surface area contributed by atoms with Gasteiger partial charge in [-0.15, -0.1) is 16.4 Å². The van der Waals surface area contributed by atoms with Gasteiger partial charge in [0.05, 0.1) is 16.4 Å². The minimum Gasteiger partial charge on any atom is -0.312 e. The molecule has 0 aliphatic carbocycles.